The summed E-state index contributed by atoms with van der Waals surface area (Å²) in [6.07, 6.45) is 0.394. The Bertz CT molecular complexity index is 3430. The van der Waals surface area contributed by atoms with Gasteiger partial charge in [0.1, 0.15) is 82.7 Å². The van der Waals surface area contributed by atoms with Gasteiger partial charge < -0.3 is 52.3 Å². The molecule has 1 aliphatic rings. The van der Waals surface area contributed by atoms with E-state index in [9.17, 15) is 49.2 Å². The van der Waals surface area contributed by atoms with E-state index in [1.807, 2.05) is 13.8 Å². The maximum atomic E-state index is 13.9. The molecular weight excluding hydrogens is 1110 g/mol. The minimum Gasteiger partial charge on any atom is -0.391 e. The fourth-order valence-electron chi connectivity index (χ4n) is 7.30. The lowest BCUT2D eigenvalue weighted by molar-refractivity contribution is -0.146. The number of allylic oxidation sites excluding steroid dienone is 2. The minimum atomic E-state index is -2.17. The van der Waals surface area contributed by atoms with Crippen LogP contribution < -0.4 is 31.9 Å². The topological polar surface area (TPSA) is 346 Å². The van der Waals surface area contributed by atoms with Gasteiger partial charge in [0, 0.05) is 32.5 Å². The van der Waals surface area contributed by atoms with Crippen molar-refractivity contribution in [1.82, 2.24) is 66.8 Å². The highest BCUT2D eigenvalue weighted by Crippen LogP contribution is 2.40. The number of rotatable bonds is 10. The first kappa shape index (κ1) is 56.3. The molecule has 5 atom stereocenters. The molecule has 0 unspecified atom stereocenters. The van der Waals surface area contributed by atoms with Crippen LogP contribution in [0.2, 0.25) is 0 Å². The van der Waals surface area contributed by atoms with Crippen LogP contribution in [0.5, 0.6) is 0 Å². The van der Waals surface area contributed by atoms with E-state index < -0.39 is 78.1 Å². The first-order valence-corrected chi connectivity index (χ1v) is 28.6. The van der Waals surface area contributed by atoms with E-state index in [0.29, 0.717) is 47.6 Å². The lowest BCUT2D eigenvalue weighted by Gasteiger charge is -2.21. The summed E-state index contributed by atoms with van der Waals surface area (Å²) in [5.74, 6) is -6.50. The summed E-state index contributed by atoms with van der Waals surface area (Å²) >= 11 is 6.85. The number of hydrogen-bond acceptors (Lipinski definition) is 23. The molecule has 0 spiro atoms. The zero-order valence-corrected chi connectivity index (χ0v) is 46.7. The van der Waals surface area contributed by atoms with Gasteiger partial charge in [0.25, 0.3) is 29.5 Å². The molecule has 0 fully saturated rings. The van der Waals surface area contributed by atoms with Crippen LogP contribution in [0.3, 0.4) is 0 Å². The molecule has 0 saturated carbocycles. The number of carbonyl (C=O) groups is 6. The Morgan fingerprint density at radius 2 is 1.25 bits per heavy atom. The number of aromatic nitrogens is 7. The highest BCUT2D eigenvalue weighted by molar-refractivity contribution is 7.16. The summed E-state index contributed by atoms with van der Waals surface area (Å²) in [6, 6.07) is 0.299. The van der Waals surface area contributed by atoms with E-state index in [2.05, 4.69) is 56.8 Å². The van der Waals surface area contributed by atoms with Gasteiger partial charge >= 0.3 is 0 Å². The van der Waals surface area contributed by atoms with E-state index >= 15 is 0 Å². The van der Waals surface area contributed by atoms with Crippen molar-refractivity contribution >= 4 is 109 Å². The molecule has 29 heteroatoms. The molecule has 8 rings (SSSR count). The smallest absolute Gasteiger partial charge is 0.275 e. The third kappa shape index (κ3) is 12.9. The molecule has 10 N–H and O–H groups in total. The van der Waals surface area contributed by atoms with Crippen molar-refractivity contribution in [3.63, 3.8) is 0 Å². The molecule has 7 aromatic rings. The second-order valence-corrected chi connectivity index (χ2v) is 22.9. The van der Waals surface area contributed by atoms with Gasteiger partial charge in [-0.3, -0.25) is 28.8 Å². The Hall–Kier alpha value is -6.93. The zero-order chi connectivity index (χ0) is 55.5. The van der Waals surface area contributed by atoms with Gasteiger partial charge in [0.05, 0.1) is 46.6 Å². The third-order valence-corrected chi connectivity index (χ3v) is 16.6. The van der Waals surface area contributed by atoms with Crippen LogP contribution in [-0.2, 0) is 9.59 Å². The summed E-state index contributed by atoms with van der Waals surface area (Å²) < 4.78 is 0. The van der Waals surface area contributed by atoms with Gasteiger partial charge in [-0.1, -0.05) is 26.0 Å². The fraction of sp³-hybridized carbons (Fsp3) is 0.312. The Morgan fingerprint density at radius 3 is 1.88 bits per heavy atom. The van der Waals surface area contributed by atoms with E-state index in [4.69, 9.17) is 9.97 Å². The van der Waals surface area contributed by atoms with Crippen molar-refractivity contribution in [3.05, 3.63) is 100 Å². The first-order valence-electron chi connectivity index (χ1n) is 23.3. The van der Waals surface area contributed by atoms with Crippen LogP contribution in [0, 0.1) is 5.92 Å². The monoisotopic (exact) mass is 1160 g/mol. The largest absolute Gasteiger partial charge is 0.391 e. The Morgan fingerprint density at radius 1 is 0.675 bits per heavy atom. The predicted octanol–water partition coefficient (Wildman–Crippen LogP) is 4.89. The summed E-state index contributed by atoms with van der Waals surface area (Å²) in [6.45, 7) is 10.4. The van der Waals surface area contributed by atoms with Crippen molar-refractivity contribution < 1.29 is 49.2 Å². The van der Waals surface area contributed by atoms with Crippen LogP contribution >= 0.6 is 68.0 Å². The molecule has 8 bridgehead atoms. The molecule has 8 heterocycles. The number of fused-ring (bicyclic) bond motifs is 11. The molecule has 0 aliphatic carbocycles. The van der Waals surface area contributed by atoms with Crippen LogP contribution in [0.15, 0.2) is 62.4 Å². The number of aliphatic hydroxyl groups excluding tert-OH is 2. The standard InChI is InChI=1S/C48H49N13O10S6/c1-8-23(37(64)49-17-48(7,70)71)52-38(65)27-15-76-47(58-27)35-36(77-18-50-35)25-11-10-22-34(51-25)26-12-74-46(54-26)33(21(6)63)61-41(68)30-16-75-45(57-30)31(19(3)4)59-39(66)29-14-73-44(56-29)24(9-2)53-42(69)32(20(5)62)60-40(67)28-13-72-43(22)55-28/h8-16,18-21,31-33,62-63,70-71H,17H2,1-7H3,(H,49,64)(H,52,65)(H,53,69)(H,59,66)(H,60,67)(H,61,68)/b23-8+,24-9-/t20-,21-,31-,32+,33+/m1/s1. The number of nitrogens with zero attached hydrogens (tertiary/aromatic N) is 7. The highest BCUT2D eigenvalue weighted by Gasteiger charge is 2.32. The molecule has 6 amide bonds. The molecule has 0 saturated heterocycles. The molecule has 0 aromatic carbocycles. The number of nitrogens with one attached hydrogen (secondary N) is 6. The Labute approximate surface area is 462 Å². The predicted molar refractivity (Wildman–Crippen MR) is 292 cm³/mol. The summed E-state index contributed by atoms with van der Waals surface area (Å²) in [5, 5.41) is 66.6. The fourth-order valence-corrected chi connectivity index (χ4v) is 12.6. The van der Waals surface area contributed by atoms with Gasteiger partial charge in [-0.05, 0) is 52.7 Å². The maximum Gasteiger partial charge on any atom is 0.275 e. The van der Waals surface area contributed by atoms with Crippen LogP contribution in [-0.4, -0.2) is 121 Å². The van der Waals surface area contributed by atoms with Gasteiger partial charge in [0.2, 0.25) is 5.91 Å². The number of pyridine rings is 1. The molecule has 7 aromatic heterocycles. The van der Waals surface area contributed by atoms with Gasteiger partial charge in [0.15, 0.2) is 5.79 Å². The molecule has 0 radical (unpaired) electrons. The first-order chi connectivity index (χ1) is 36.6. The van der Waals surface area contributed by atoms with Crippen molar-refractivity contribution in [1.29, 1.82) is 0 Å². The van der Waals surface area contributed by atoms with E-state index in [-0.39, 0.29) is 50.8 Å². The maximum absolute atomic E-state index is 13.9. The number of amides is 6. The van der Waals surface area contributed by atoms with E-state index in [1.54, 1.807) is 41.4 Å². The van der Waals surface area contributed by atoms with Crippen molar-refractivity contribution in [2.45, 2.75) is 84.6 Å². The van der Waals surface area contributed by atoms with Gasteiger partial charge in [-0.15, -0.1) is 68.0 Å². The third-order valence-electron chi connectivity index (χ3n) is 11.3. The van der Waals surface area contributed by atoms with Crippen LogP contribution in [0.1, 0.15) is 118 Å². The van der Waals surface area contributed by atoms with Crippen LogP contribution in [0.25, 0.3) is 48.9 Å². The van der Waals surface area contributed by atoms with E-state index in [0.717, 1.165) is 52.3 Å². The second-order valence-electron chi connectivity index (χ2n) is 17.7. The van der Waals surface area contributed by atoms with Gasteiger partial charge in [-0.25, -0.2) is 34.9 Å². The van der Waals surface area contributed by atoms with Crippen molar-refractivity contribution in [3.8, 4) is 43.2 Å². The number of hydrogen-bond donors (Lipinski definition) is 10. The summed E-state index contributed by atoms with van der Waals surface area (Å²) in [4.78, 5) is 115. The second kappa shape index (κ2) is 23.8. The Balaban J connectivity index is 1.17. The van der Waals surface area contributed by atoms with Crippen molar-refractivity contribution in [2.24, 2.45) is 5.92 Å². The average Bonchev–Trinajstić information content (AvgIpc) is 4.26. The number of carbonyl (C=O) groups excluding carboxylic acids is 6. The lowest BCUT2D eigenvalue weighted by Crippen LogP contribution is -2.52. The van der Waals surface area contributed by atoms with E-state index in [1.165, 1.54) is 65.7 Å². The lowest BCUT2D eigenvalue weighted by atomic mass is 10.1. The molecular formula is C48H49N13O10S6. The van der Waals surface area contributed by atoms with Crippen molar-refractivity contribution in [2.75, 3.05) is 6.54 Å². The molecule has 402 valence electrons. The summed E-state index contributed by atoms with van der Waals surface area (Å²) in [5.41, 5.74) is 3.42. The van der Waals surface area contributed by atoms with Gasteiger partial charge in [-0.2, -0.15) is 0 Å². The molecule has 1 aliphatic heterocycles. The zero-order valence-electron chi connectivity index (χ0n) is 41.8. The average molecular weight is 1160 g/mol. The number of thiazole rings is 6. The number of aliphatic hydroxyl groups is 4. The molecule has 23 nitrogen and oxygen atoms in total. The quantitative estimate of drug-likeness (QED) is 0.0644. The normalized spacial score (nSPS) is 18.2. The molecule has 77 heavy (non-hydrogen) atoms. The highest BCUT2D eigenvalue weighted by atomic mass is 32.1. The minimum absolute atomic E-state index is 0.0298. The van der Waals surface area contributed by atoms with Crippen LogP contribution in [0.4, 0.5) is 0 Å². The summed E-state index contributed by atoms with van der Waals surface area (Å²) in [7, 11) is 0. The SMILES string of the molecule is C/C=C1\NC(=O)[C@H]([C@@H](C)O)NC(=O)c2csc(n2)-c2ccc(-c3scnc3-c3nc(C(=O)N/C(=C/C)C(=O)NCC(C)(O)O)cs3)nc2-c2csc(n2)[C@H]([C@@H](C)O)NC(=O)c2csc(n2)[C@@H](C(C)C)NC(=O)c2csc1n2. The Kier molecular flexibility index (Phi) is 17.4.